The highest BCUT2D eigenvalue weighted by Gasteiger charge is 2.30. The van der Waals surface area contributed by atoms with E-state index in [2.05, 4.69) is 80.4 Å². The van der Waals surface area contributed by atoms with Crippen LogP contribution in [0, 0.1) is 34.6 Å². The first-order chi connectivity index (χ1) is 30.4. The minimum Gasteiger partial charge on any atom is -0.496 e. The van der Waals surface area contributed by atoms with Crippen LogP contribution in [0.5, 0.6) is 28.7 Å². The first-order valence-electron chi connectivity index (χ1n) is 22.0. The van der Waals surface area contributed by atoms with Gasteiger partial charge in [0.15, 0.2) is 23.0 Å². The van der Waals surface area contributed by atoms with Crippen molar-refractivity contribution in [3.05, 3.63) is 122 Å². The summed E-state index contributed by atoms with van der Waals surface area (Å²) in [6.07, 6.45) is 7.94. The number of nitrogens with one attached hydrogen (secondary N) is 1. The molecule has 63 heavy (non-hydrogen) atoms. The fourth-order valence-electron chi connectivity index (χ4n) is 8.48. The molecule has 0 saturated heterocycles. The van der Waals surface area contributed by atoms with Crippen molar-refractivity contribution < 1.29 is 42.7 Å². The van der Waals surface area contributed by atoms with Gasteiger partial charge in [-0.2, -0.15) is 0 Å². The van der Waals surface area contributed by atoms with Gasteiger partial charge in [0.2, 0.25) is 0 Å². The van der Waals surface area contributed by atoms with Crippen LogP contribution in [0.15, 0.2) is 60.7 Å². The maximum Gasteiger partial charge on any atom is 0.331 e. The van der Waals surface area contributed by atoms with Crippen LogP contribution in [0.3, 0.4) is 0 Å². The summed E-state index contributed by atoms with van der Waals surface area (Å²) in [5.41, 5.74) is 13.6. The van der Waals surface area contributed by atoms with E-state index in [9.17, 15) is 9.59 Å². The predicted molar refractivity (Wildman–Crippen MR) is 248 cm³/mol. The van der Waals surface area contributed by atoms with E-state index in [1.165, 1.54) is 50.1 Å². The van der Waals surface area contributed by atoms with Gasteiger partial charge in [-0.3, -0.25) is 4.90 Å². The molecule has 11 heteroatoms. The molecule has 0 aliphatic carbocycles. The SMILES string of the molecule is COc1cc2c(cc1OC)[C@@H](Cc1cc(C)c(OC)c(OC)c1)N(CCCOC(=O)/C=C\C(=O)OCCCNCCc1cc(C)c(C)cc1CCc1cc(C)c(C)c(OC)c1)CC2. The molecule has 1 heterocycles. The highest BCUT2D eigenvalue weighted by atomic mass is 16.5. The summed E-state index contributed by atoms with van der Waals surface area (Å²) in [4.78, 5) is 27.3. The van der Waals surface area contributed by atoms with Gasteiger partial charge >= 0.3 is 11.9 Å². The highest BCUT2D eigenvalue weighted by molar-refractivity contribution is 5.91. The van der Waals surface area contributed by atoms with Gasteiger partial charge in [-0.05, 0) is 178 Å². The van der Waals surface area contributed by atoms with E-state index < -0.39 is 11.9 Å². The third-order valence-electron chi connectivity index (χ3n) is 12.2. The first kappa shape index (κ1) is 48.5. The topological polar surface area (TPSA) is 114 Å². The predicted octanol–water partition coefficient (Wildman–Crippen LogP) is 8.45. The van der Waals surface area contributed by atoms with E-state index in [-0.39, 0.29) is 19.3 Å². The summed E-state index contributed by atoms with van der Waals surface area (Å²) in [6.45, 7) is 14.1. The molecule has 1 aliphatic heterocycles. The van der Waals surface area contributed by atoms with Gasteiger partial charge in [0.25, 0.3) is 0 Å². The van der Waals surface area contributed by atoms with Crippen molar-refractivity contribution in [3.63, 3.8) is 0 Å². The molecule has 4 aromatic carbocycles. The molecule has 1 atom stereocenters. The quantitative estimate of drug-likeness (QED) is 0.0440. The standard InChI is InChI=1S/C52H68N2O9/c1-34-27-41(14-13-39-25-36(3)38(5)46(30-39)57-6)42(28-35(34)2)17-20-53-19-11-23-62-50(55)15-16-51(56)63-24-12-21-54-22-18-43-32-47(58-7)48(59-8)33-44(43)45(54)29-40-26-37(4)52(61-10)49(31-40)60-9/h15-16,25-28,30-33,45,53H,11-14,17-24,29H2,1-10H3/b16-15-/t45-/m1/s1. The number of methoxy groups -OCH3 is 5. The van der Waals surface area contributed by atoms with E-state index in [4.69, 9.17) is 33.2 Å². The zero-order chi connectivity index (χ0) is 45.5. The zero-order valence-corrected chi connectivity index (χ0v) is 39.2. The van der Waals surface area contributed by atoms with Crippen LogP contribution in [0.2, 0.25) is 0 Å². The molecular weight excluding hydrogens is 797 g/mol. The molecular formula is C52H68N2O9. The summed E-state index contributed by atoms with van der Waals surface area (Å²) < 4.78 is 39.0. The van der Waals surface area contributed by atoms with Crippen LogP contribution in [0.1, 0.15) is 80.1 Å². The van der Waals surface area contributed by atoms with Crippen LogP contribution in [0.4, 0.5) is 0 Å². The fraction of sp³-hybridized carbons (Fsp3) is 0.462. The molecule has 0 amide bonds. The second kappa shape index (κ2) is 23.8. The number of carbonyl (C=O) groups is 2. The highest BCUT2D eigenvalue weighted by Crippen LogP contribution is 2.41. The summed E-state index contributed by atoms with van der Waals surface area (Å²) in [6, 6.07) is 17.4. The van der Waals surface area contributed by atoms with Gasteiger partial charge in [-0.1, -0.05) is 24.3 Å². The Labute approximate surface area is 375 Å². The van der Waals surface area contributed by atoms with Crippen LogP contribution in [-0.2, 0) is 51.2 Å². The molecule has 0 saturated carbocycles. The van der Waals surface area contributed by atoms with E-state index >= 15 is 0 Å². The van der Waals surface area contributed by atoms with Crippen molar-refractivity contribution in [2.75, 3.05) is 74.9 Å². The first-order valence-corrected chi connectivity index (χ1v) is 22.0. The number of esters is 2. The smallest absolute Gasteiger partial charge is 0.331 e. The maximum absolute atomic E-state index is 12.5. The van der Waals surface area contributed by atoms with Gasteiger partial charge in [0, 0.05) is 31.3 Å². The van der Waals surface area contributed by atoms with Crippen LogP contribution in [-0.4, -0.2) is 91.8 Å². The Morgan fingerprint density at radius 2 is 1.22 bits per heavy atom. The Balaban J connectivity index is 1.04. The van der Waals surface area contributed by atoms with E-state index in [1.807, 2.05) is 13.0 Å². The molecule has 0 unspecified atom stereocenters. The van der Waals surface area contributed by atoms with Crippen molar-refractivity contribution >= 4 is 11.9 Å². The van der Waals surface area contributed by atoms with Crippen molar-refractivity contribution in [1.82, 2.24) is 10.2 Å². The monoisotopic (exact) mass is 864 g/mol. The summed E-state index contributed by atoms with van der Waals surface area (Å²) in [7, 11) is 8.33. The molecule has 0 aromatic heterocycles. The molecule has 5 rings (SSSR count). The average Bonchev–Trinajstić information content (AvgIpc) is 3.28. The number of benzene rings is 4. The number of hydrogen-bond donors (Lipinski definition) is 1. The second-order valence-corrected chi connectivity index (χ2v) is 16.4. The van der Waals surface area contributed by atoms with Gasteiger partial charge in [-0.25, -0.2) is 9.59 Å². The molecule has 0 radical (unpaired) electrons. The molecule has 0 bridgehead atoms. The average molecular weight is 865 g/mol. The van der Waals surface area contributed by atoms with Gasteiger partial charge in [0.05, 0.1) is 48.8 Å². The number of fused-ring (bicyclic) bond motifs is 1. The van der Waals surface area contributed by atoms with Gasteiger partial charge in [0.1, 0.15) is 5.75 Å². The Hall–Kier alpha value is -5.52. The van der Waals surface area contributed by atoms with Crippen LogP contribution >= 0.6 is 0 Å². The van der Waals surface area contributed by atoms with Gasteiger partial charge in [-0.15, -0.1) is 0 Å². The normalized spacial score (nSPS) is 13.7. The third kappa shape index (κ3) is 13.3. The van der Waals surface area contributed by atoms with Gasteiger partial charge < -0.3 is 38.5 Å². The molecule has 0 fully saturated rings. The zero-order valence-electron chi connectivity index (χ0n) is 39.2. The lowest BCUT2D eigenvalue weighted by atomic mass is 9.87. The number of rotatable bonds is 23. The molecule has 1 N–H and O–H groups in total. The third-order valence-corrected chi connectivity index (χ3v) is 12.2. The number of ether oxygens (including phenoxy) is 7. The lowest BCUT2D eigenvalue weighted by molar-refractivity contribution is -0.140. The Morgan fingerprint density at radius 3 is 1.87 bits per heavy atom. The lowest BCUT2D eigenvalue weighted by Crippen LogP contribution is -2.37. The van der Waals surface area contributed by atoms with E-state index in [0.717, 1.165) is 80.0 Å². The molecule has 11 nitrogen and oxygen atoms in total. The Kier molecular flexibility index (Phi) is 18.3. The van der Waals surface area contributed by atoms with Crippen LogP contribution in [0.25, 0.3) is 0 Å². The Bertz CT molecular complexity index is 2210. The van der Waals surface area contributed by atoms with E-state index in [1.54, 1.807) is 35.5 Å². The van der Waals surface area contributed by atoms with Crippen molar-refractivity contribution in [2.24, 2.45) is 0 Å². The van der Waals surface area contributed by atoms with E-state index in [0.29, 0.717) is 43.2 Å². The number of hydrogen-bond acceptors (Lipinski definition) is 11. The van der Waals surface area contributed by atoms with Crippen molar-refractivity contribution in [3.8, 4) is 28.7 Å². The molecule has 340 valence electrons. The molecule has 1 aliphatic rings. The summed E-state index contributed by atoms with van der Waals surface area (Å²) in [5, 5.41) is 3.49. The lowest BCUT2D eigenvalue weighted by Gasteiger charge is -2.38. The second-order valence-electron chi connectivity index (χ2n) is 16.4. The minimum absolute atomic E-state index is 0.0342. The fourth-order valence-corrected chi connectivity index (χ4v) is 8.48. The number of carbonyl (C=O) groups excluding carboxylic acids is 2. The molecule has 4 aromatic rings. The van der Waals surface area contributed by atoms with Crippen molar-refractivity contribution in [2.45, 2.75) is 85.6 Å². The number of aryl methyl sites for hydroxylation is 6. The largest absolute Gasteiger partial charge is 0.496 e. The Morgan fingerprint density at radius 1 is 0.619 bits per heavy atom. The summed E-state index contributed by atoms with van der Waals surface area (Å²) in [5.74, 6) is 2.61. The minimum atomic E-state index is -0.578. The van der Waals surface area contributed by atoms with Crippen LogP contribution < -0.4 is 29.0 Å². The maximum atomic E-state index is 12.5. The number of nitrogens with zero attached hydrogens (tertiary/aromatic N) is 1. The van der Waals surface area contributed by atoms with Crippen molar-refractivity contribution in [1.29, 1.82) is 0 Å². The molecule has 0 spiro atoms. The summed E-state index contributed by atoms with van der Waals surface area (Å²) >= 11 is 0.